The summed E-state index contributed by atoms with van der Waals surface area (Å²) in [5, 5.41) is 6.02. The zero-order chi connectivity index (χ0) is 13.4. The quantitative estimate of drug-likeness (QED) is 0.721. The van der Waals surface area contributed by atoms with Crippen LogP contribution in [-0.2, 0) is 4.79 Å². The van der Waals surface area contributed by atoms with Gasteiger partial charge in [-0.25, -0.2) is 0 Å². The molecular formula is C14H22N2O2. The number of hydrogen-bond donors (Lipinski definition) is 2. The lowest BCUT2D eigenvalue weighted by Gasteiger charge is -2.15. The van der Waals surface area contributed by atoms with Gasteiger partial charge in [-0.05, 0) is 26.0 Å². The highest BCUT2D eigenvalue weighted by Crippen LogP contribution is 2.11. The molecule has 2 N–H and O–H groups in total. The standard InChI is InChI=1S/C14H22N2O2/c1-11-4-6-14(7-5-11)18-10-12(2)15-8-9-16-13(3)17/h4-7,12,15H,8-10H2,1-3H3,(H,16,17). The van der Waals surface area contributed by atoms with E-state index in [0.29, 0.717) is 13.2 Å². The van der Waals surface area contributed by atoms with Gasteiger partial charge < -0.3 is 15.4 Å². The Morgan fingerprint density at radius 1 is 1.28 bits per heavy atom. The second kappa shape index (κ2) is 7.71. The van der Waals surface area contributed by atoms with Gasteiger partial charge in [0.25, 0.3) is 0 Å². The van der Waals surface area contributed by atoms with E-state index in [1.54, 1.807) is 0 Å². The summed E-state index contributed by atoms with van der Waals surface area (Å²) in [6, 6.07) is 8.26. The molecule has 1 aromatic rings. The van der Waals surface area contributed by atoms with Crippen molar-refractivity contribution in [1.29, 1.82) is 0 Å². The zero-order valence-electron chi connectivity index (χ0n) is 11.3. The number of aryl methyl sites for hydroxylation is 1. The molecule has 100 valence electrons. The molecular weight excluding hydrogens is 228 g/mol. The summed E-state index contributed by atoms with van der Waals surface area (Å²) >= 11 is 0. The van der Waals surface area contributed by atoms with E-state index >= 15 is 0 Å². The van der Waals surface area contributed by atoms with Gasteiger partial charge in [0.1, 0.15) is 12.4 Å². The number of carbonyl (C=O) groups is 1. The van der Waals surface area contributed by atoms with Gasteiger partial charge in [-0.3, -0.25) is 4.79 Å². The highest BCUT2D eigenvalue weighted by Gasteiger charge is 2.02. The van der Waals surface area contributed by atoms with Gasteiger partial charge in [0.05, 0.1) is 0 Å². The van der Waals surface area contributed by atoms with Crippen molar-refractivity contribution in [3.63, 3.8) is 0 Å². The van der Waals surface area contributed by atoms with E-state index in [2.05, 4.69) is 24.5 Å². The van der Waals surface area contributed by atoms with Crippen LogP contribution in [0.4, 0.5) is 0 Å². The normalized spacial score (nSPS) is 11.9. The van der Waals surface area contributed by atoms with Crippen LogP contribution in [0, 0.1) is 6.92 Å². The van der Waals surface area contributed by atoms with E-state index in [9.17, 15) is 4.79 Å². The number of rotatable bonds is 7. The molecule has 1 aromatic carbocycles. The Kier molecular flexibility index (Phi) is 6.22. The smallest absolute Gasteiger partial charge is 0.216 e. The van der Waals surface area contributed by atoms with Crippen molar-refractivity contribution in [3.05, 3.63) is 29.8 Å². The van der Waals surface area contributed by atoms with E-state index in [1.165, 1.54) is 12.5 Å². The van der Waals surface area contributed by atoms with E-state index in [-0.39, 0.29) is 11.9 Å². The first kappa shape index (κ1) is 14.5. The molecule has 4 nitrogen and oxygen atoms in total. The molecule has 0 fully saturated rings. The minimum atomic E-state index is 0.000332. The van der Waals surface area contributed by atoms with E-state index in [0.717, 1.165) is 12.3 Å². The highest BCUT2D eigenvalue weighted by atomic mass is 16.5. The Bertz CT molecular complexity index is 363. The third-order valence-corrected chi connectivity index (χ3v) is 2.51. The van der Waals surface area contributed by atoms with Crippen molar-refractivity contribution in [3.8, 4) is 5.75 Å². The van der Waals surface area contributed by atoms with Crippen LogP contribution >= 0.6 is 0 Å². The number of hydrogen-bond acceptors (Lipinski definition) is 3. The summed E-state index contributed by atoms with van der Waals surface area (Å²) in [6.07, 6.45) is 0. The molecule has 0 saturated heterocycles. The maximum absolute atomic E-state index is 10.7. The Morgan fingerprint density at radius 2 is 1.94 bits per heavy atom. The molecule has 0 aliphatic heterocycles. The molecule has 0 heterocycles. The number of amides is 1. The second-order valence-electron chi connectivity index (χ2n) is 4.46. The lowest BCUT2D eigenvalue weighted by Crippen LogP contribution is -2.37. The van der Waals surface area contributed by atoms with Gasteiger partial charge in [0.15, 0.2) is 0 Å². The van der Waals surface area contributed by atoms with E-state index in [1.807, 2.05) is 24.3 Å². The Hall–Kier alpha value is -1.55. The molecule has 0 aliphatic rings. The molecule has 1 rings (SSSR count). The molecule has 4 heteroatoms. The summed E-state index contributed by atoms with van der Waals surface area (Å²) in [7, 11) is 0. The first-order valence-corrected chi connectivity index (χ1v) is 6.25. The maximum atomic E-state index is 10.7. The van der Waals surface area contributed by atoms with Crippen molar-refractivity contribution in [2.45, 2.75) is 26.8 Å². The van der Waals surface area contributed by atoms with Crippen molar-refractivity contribution in [2.75, 3.05) is 19.7 Å². The van der Waals surface area contributed by atoms with Crippen LogP contribution in [0.3, 0.4) is 0 Å². The van der Waals surface area contributed by atoms with E-state index in [4.69, 9.17) is 4.74 Å². The largest absolute Gasteiger partial charge is 0.492 e. The number of nitrogens with one attached hydrogen (secondary N) is 2. The molecule has 0 aromatic heterocycles. The van der Waals surface area contributed by atoms with E-state index < -0.39 is 0 Å². The third kappa shape index (κ3) is 6.25. The van der Waals surface area contributed by atoms with Crippen LogP contribution < -0.4 is 15.4 Å². The fourth-order valence-electron chi connectivity index (χ4n) is 1.47. The molecule has 0 saturated carbocycles. The van der Waals surface area contributed by atoms with Crippen LogP contribution in [0.2, 0.25) is 0 Å². The van der Waals surface area contributed by atoms with Gasteiger partial charge in [-0.1, -0.05) is 17.7 Å². The molecule has 0 bridgehead atoms. The summed E-state index contributed by atoms with van der Waals surface area (Å²) in [4.78, 5) is 10.7. The summed E-state index contributed by atoms with van der Waals surface area (Å²) in [5.74, 6) is 0.886. The van der Waals surface area contributed by atoms with Gasteiger partial charge in [0.2, 0.25) is 5.91 Å². The average molecular weight is 250 g/mol. The predicted molar refractivity (Wildman–Crippen MR) is 72.8 cm³/mol. The van der Waals surface area contributed by atoms with Crippen LogP contribution in [0.1, 0.15) is 19.4 Å². The fourth-order valence-corrected chi connectivity index (χ4v) is 1.47. The molecule has 0 spiro atoms. The second-order valence-corrected chi connectivity index (χ2v) is 4.46. The summed E-state index contributed by atoms with van der Waals surface area (Å²) in [5.41, 5.74) is 1.23. The van der Waals surface area contributed by atoms with Crippen LogP contribution in [0.5, 0.6) is 5.75 Å². The van der Waals surface area contributed by atoms with Crippen molar-refractivity contribution in [1.82, 2.24) is 10.6 Å². The third-order valence-electron chi connectivity index (χ3n) is 2.51. The lowest BCUT2D eigenvalue weighted by atomic mass is 10.2. The Labute approximate surface area is 109 Å². The highest BCUT2D eigenvalue weighted by molar-refractivity contribution is 5.72. The van der Waals surface area contributed by atoms with Gasteiger partial charge >= 0.3 is 0 Å². The van der Waals surface area contributed by atoms with Crippen LogP contribution in [0.25, 0.3) is 0 Å². The van der Waals surface area contributed by atoms with Gasteiger partial charge in [-0.2, -0.15) is 0 Å². The first-order valence-electron chi connectivity index (χ1n) is 6.25. The lowest BCUT2D eigenvalue weighted by molar-refractivity contribution is -0.118. The maximum Gasteiger partial charge on any atom is 0.216 e. The Balaban J connectivity index is 2.14. The fraction of sp³-hybridized carbons (Fsp3) is 0.500. The molecule has 18 heavy (non-hydrogen) atoms. The number of ether oxygens (including phenoxy) is 1. The minimum absolute atomic E-state index is 0.000332. The molecule has 0 radical (unpaired) electrons. The number of carbonyl (C=O) groups excluding carboxylic acids is 1. The monoisotopic (exact) mass is 250 g/mol. The average Bonchev–Trinajstić information content (AvgIpc) is 2.34. The molecule has 1 amide bonds. The summed E-state index contributed by atoms with van der Waals surface area (Å²) < 4.78 is 5.65. The van der Waals surface area contributed by atoms with Crippen LogP contribution in [0.15, 0.2) is 24.3 Å². The predicted octanol–water partition coefficient (Wildman–Crippen LogP) is 1.49. The first-order chi connectivity index (χ1) is 8.58. The Morgan fingerprint density at radius 3 is 2.56 bits per heavy atom. The van der Waals surface area contributed by atoms with Crippen LogP contribution in [-0.4, -0.2) is 31.6 Å². The minimum Gasteiger partial charge on any atom is -0.492 e. The van der Waals surface area contributed by atoms with Crippen molar-refractivity contribution >= 4 is 5.91 Å². The topological polar surface area (TPSA) is 50.4 Å². The molecule has 0 aliphatic carbocycles. The summed E-state index contributed by atoms with van der Waals surface area (Å²) in [6.45, 7) is 7.63. The van der Waals surface area contributed by atoms with Gasteiger partial charge in [-0.15, -0.1) is 0 Å². The number of benzene rings is 1. The molecule has 1 atom stereocenters. The SMILES string of the molecule is CC(=O)NCCNC(C)COc1ccc(C)cc1. The zero-order valence-corrected chi connectivity index (χ0v) is 11.3. The van der Waals surface area contributed by atoms with Crippen molar-refractivity contribution < 1.29 is 9.53 Å². The van der Waals surface area contributed by atoms with Gasteiger partial charge in [0, 0.05) is 26.1 Å². The van der Waals surface area contributed by atoms with Crippen molar-refractivity contribution in [2.24, 2.45) is 0 Å². The molecule has 1 unspecified atom stereocenters.